The normalized spacial score (nSPS) is 13.3. The molecule has 134 valence electrons. The summed E-state index contributed by atoms with van der Waals surface area (Å²) in [5.41, 5.74) is 0.0165. The number of nitrogens with zero attached hydrogens (tertiary/aromatic N) is 5. The van der Waals surface area contributed by atoms with Gasteiger partial charge in [-0.3, -0.25) is 4.98 Å². The zero-order valence-corrected chi connectivity index (χ0v) is 16.1. The largest absolute Gasteiger partial charge is 0.496 e. The first-order chi connectivity index (χ1) is 12.5. The molecule has 0 fully saturated rings. The lowest BCUT2D eigenvalue weighted by Gasteiger charge is -2.30. The number of aromatic nitrogens is 5. The van der Waals surface area contributed by atoms with Gasteiger partial charge in [-0.15, -0.1) is 12.6 Å². The van der Waals surface area contributed by atoms with Crippen LogP contribution in [0.1, 0.15) is 22.6 Å². The molecule has 0 bridgehead atoms. The quantitative estimate of drug-likeness (QED) is 0.391. The van der Waals surface area contributed by atoms with E-state index in [0.717, 1.165) is 0 Å². The highest BCUT2D eigenvalue weighted by Gasteiger charge is 2.41. The summed E-state index contributed by atoms with van der Waals surface area (Å²) in [6.45, 7) is 1.79. The van der Waals surface area contributed by atoms with Gasteiger partial charge in [0.2, 0.25) is 0 Å². The van der Waals surface area contributed by atoms with Crippen molar-refractivity contribution >= 4 is 24.4 Å². The highest BCUT2D eigenvalue weighted by Crippen LogP contribution is 2.41. The molecule has 3 rings (SSSR count). The molecule has 0 saturated carbocycles. The summed E-state index contributed by atoms with van der Waals surface area (Å²) < 4.78 is 5.49. The summed E-state index contributed by atoms with van der Waals surface area (Å²) in [7, 11) is 1.54. The summed E-state index contributed by atoms with van der Waals surface area (Å²) in [6, 6.07) is 4.95. The predicted molar refractivity (Wildman–Crippen MR) is 101 cm³/mol. The Morgan fingerprint density at radius 1 is 1.04 bits per heavy atom. The average Bonchev–Trinajstić information content (AvgIpc) is 2.67. The molecule has 7 nitrogen and oxygen atoms in total. The third kappa shape index (κ3) is 3.25. The molecule has 0 aliphatic rings. The average molecular weight is 387 g/mol. The smallest absolute Gasteiger partial charge is 0.187 e. The van der Waals surface area contributed by atoms with Gasteiger partial charge in [0.1, 0.15) is 5.75 Å². The van der Waals surface area contributed by atoms with E-state index in [9.17, 15) is 5.11 Å². The second kappa shape index (κ2) is 7.56. The molecule has 0 aliphatic heterocycles. The molecule has 0 aromatic carbocycles. The second-order valence-corrected chi connectivity index (χ2v) is 6.53. The minimum absolute atomic E-state index is 0.237. The van der Waals surface area contributed by atoms with Crippen LogP contribution in [0.5, 0.6) is 5.75 Å². The van der Waals surface area contributed by atoms with Crippen LogP contribution in [-0.4, -0.2) is 43.4 Å². The molecule has 1 N–H and O–H groups in total. The van der Waals surface area contributed by atoms with Gasteiger partial charge in [0.05, 0.1) is 24.1 Å². The van der Waals surface area contributed by atoms with Gasteiger partial charge in [-0.1, -0.05) is 11.8 Å². The summed E-state index contributed by atoms with van der Waals surface area (Å²) in [6.07, 6.45) is 6.62. The van der Waals surface area contributed by atoms with E-state index >= 15 is 0 Å². The van der Waals surface area contributed by atoms with Crippen LogP contribution in [-0.2, 0) is 5.60 Å². The zero-order valence-electron chi connectivity index (χ0n) is 14.4. The highest BCUT2D eigenvalue weighted by molar-refractivity contribution is 7.98. The number of pyridine rings is 1. The Kier molecular flexibility index (Phi) is 5.40. The van der Waals surface area contributed by atoms with Crippen molar-refractivity contribution in [3.8, 4) is 5.75 Å². The maximum Gasteiger partial charge on any atom is 0.187 e. The molecular formula is C17H17N5O2S2. The van der Waals surface area contributed by atoms with Gasteiger partial charge < -0.3 is 9.84 Å². The van der Waals surface area contributed by atoms with Crippen LogP contribution < -0.4 is 4.74 Å². The number of methoxy groups -OCH3 is 1. The minimum atomic E-state index is -1.71. The first kappa shape index (κ1) is 18.6. The fraction of sp³-hybridized carbons (Fsp3) is 0.235. The van der Waals surface area contributed by atoms with Crippen molar-refractivity contribution in [2.45, 2.75) is 22.8 Å². The summed E-state index contributed by atoms with van der Waals surface area (Å²) in [4.78, 5) is 21.3. The number of hydrogen-bond acceptors (Lipinski definition) is 9. The Labute approximate surface area is 160 Å². The van der Waals surface area contributed by atoms with Crippen molar-refractivity contribution in [2.24, 2.45) is 0 Å². The van der Waals surface area contributed by atoms with E-state index in [0.29, 0.717) is 33.6 Å². The van der Waals surface area contributed by atoms with E-state index in [-0.39, 0.29) is 5.16 Å². The fourth-order valence-electron chi connectivity index (χ4n) is 2.73. The van der Waals surface area contributed by atoms with Crippen molar-refractivity contribution in [2.75, 3.05) is 13.4 Å². The summed E-state index contributed by atoms with van der Waals surface area (Å²) in [5.74, 6) is 0.476. The molecule has 0 amide bonds. The van der Waals surface area contributed by atoms with Crippen LogP contribution in [0.3, 0.4) is 0 Å². The molecule has 26 heavy (non-hydrogen) atoms. The number of aryl methyl sites for hydroxylation is 1. The molecule has 0 aliphatic carbocycles. The molecule has 3 aromatic heterocycles. The van der Waals surface area contributed by atoms with Crippen LogP contribution in [0.15, 0.2) is 47.1 Å². The van der Waals surface area contributed by atoms with E-state index in [4.69, 9.17) is 4.74 Å². The van der Waals surface area contributed by atoms with E-state index in [1.54, 1.807) is 37.5 Å². The minimum Gasteiger partial charge on any atom is -0.496 e. The molecule has 1 atom stereocenters. The van der Waals surface area contributed by atoms with Gasteiger partial charge in [0, 0.05) is 24.3 Å². The third-order valence-corrected chi connectivity index (χ3v) is 4.66. The van der Waals surface area contributed by atoms with Crippen molar-refractivity contribution in [1.82, 2.24) is 24.9 Å². The van der Waals surface area contributed by atoms with E-state index in [1.807, 2.05) is 6.26 Å². The van der Waals surface area contributed by atoms with Crippen LogP contribution in [0.4, 0.5) is 0 Å². The summed E-state index contributed by atoms with van der Waals surface area (Å²) in [5, 5.41) is 12.7. The lowest BCUT2D eigenvalue weighted by Crippen LogP contribution is -2.33. The van der Waals surface area contributed by atoms with Gasteiger partial charge in [-0.25, -0.2) is 19.9 Å². The van der Waals surface area contributed by atoms with Crippen LogP contribution in [0.25, 0.3) is 0 Å². The number of thioether (sulfide) groups is 1. The predicted octanol–water partition coefficient (Wildman–Crippen LogP) is 2.27. The number of aliphatic hydroxyl groups is 1. The molecule has 9 heteroatoms. The molecule has 1 unspecified atom stereocenters. The number of thiol groups is 1. The molecular weight excluding hydrogens is 370 g/mol. The molecule has 0 saturated heterocycles. The Morgan fingerprint density at radius 3 is 2.35 bits per heavy atom. The lowest BCUT2D eigenvalue weighted by atomic mass is 9.85. The van der Waals surface area contributed by atoms with E-state index in [1.165, 1.54) is 25.1 Å². The van der Waals surface area contributed by atoms with Crippen molar-refractivity contribution < 1.29 is 9.84 Å². The standard InChI is InChI=1S/C17H17N5O2S2/c1-10-14(11(24-2)4-7-18-10)17(23,12-5-8-19-15(25)21-12)13-6-9-20-16(22-13)26-3/h4-9,23H,1-3H3,(H,19,21,25). The molecule has 3 heterocycles. The van der Waals surface area contributed by atoms with Gasteiger partial charge in [0.15, 0.2) is 15.9 Å². The number of ether oxygens (including phenoxy) is 1. The molecule has 0 radical (unpaired) electrons. The zero-order chi connectivity index (χ0) is 18.7. The van der Waals surface area contributed by atoms with Gasteiger partial charge in [-0.05, 0) is 31.4 Å². The highest BCUT2D eigenvalue weighted by atomic mass is 32.2. The Balaban J connectivity index is 2.37. The van der Waals surface area contributed by atoms with Crippen molar-refractivity contribution in [1.29, 1.82) is 0 Å². The monoisotopic (exact) mass is 387 g/mol. The fourth-order valence-corrected chi connectivity index (χ4v) is 3.26. The van der Waals surface area contributed by atoms with E-state index < -0.39 is 5.60 Å². The van der Waals surface area contributed by atoms with Crippen molar-refractivity contribution in [3.63, 3.8) is 0 Å². The Bertz CT molecular complexity index is 941. The first-order valence-corrected chi connectivity index (χ1v) is 9.30. The topological polar surface area (TPSA) is 93.9 Å². The lowest BCUT2D eigenvalue weighted by molar-refractivity contribution is 0.109. The second-order valence-electron chi connectivity index (χ2n) is 5.35. The van der Waals surface area contributed by atoms with Gasteiger partial charge in [0.25, 0.3) is 0 Å². The number of hydrogen-bond donors (Lipinski definition) is 2. The maximum atomic E-state index is 11.9. The SMILES string of the molecule is COc1ccnc(C)c1C(O)(c1ccnc(S)n1)c1ccnc(SC)n1. The first-order valence-electron chi connectivity index (χ1n) is 7.63. The van der Waals surface area contributed by atoms with Crippen molar-refractivity contribution in [3.05, 3.63) is 59.4 Å². The van der Waals surface area contributed by atoms with Crippen LogP contribution in [0, 0.1) is 6.92 Å². The van der Waals surface area contributed by atoms with Crippen LogP contribution in [0.2, 0.25) is 0 Å². The third-order valence-electron chi connectivity index (χ3n) is 3.88. The van der Waals surface area contributed by atoms with E-state index in [2.05, 4.69) is 37.5 Å². The van der Waals surface area contributed by atoms with Gasteiger partial charge >= 0.3 is 0 Å². The summed E-state index contributed by atoms with van der Waals surface area (Å²) >= 11 is 5.59. The molecule has 3 aromatic rings. The Morgan fingerprint density at radius 2 is 1.69 bits per heavy atom. The maximum absolute atomic E-state index is 11.9. The number of rotatable bonds is 5. The molecule has 0 spiro atoms. The van der Waals surface area contributed by atoms with Crippen LogP contribution >= 0.6 is 24.4 Å². The Hall–Kier alpha value is -2.23. The van der Waals surface area contributed by atoms with Gasteiger partial charge in [-0.2, -0.15) is 0 Å².